The van der Waals surface area contributed by atoms with E-state index in [1.165, 1.54) is 34.5 Å². The largest absolute Gasteiger partial charge is 0.493 e. The van der Waals surface area contributed by atoms with Crippen molar-refractivity contribution < 1.29 is 28.5 Å². The zero-order valence-electron chi connectivity index (χ0n) is 18.8. The number of nitrogens with zero attached hydrogens (tertiary/aromatic N) is 1. The summed E-state index contributed by atoms with van der Waals surface area (Å²) >= 11 is 0. The lowest BCUT2D eigenvalue weighted by molar-refractivity contribution is -0.122. The van der Waals surface area contributed by atoms with Gasteiger partial charge in [0, 0.05) is 31.1 Å². The second-order valence-corrected chi connectivity index (χ2v) is 7.21. The zero-order chi connectivity index (χ0) is 23.1. The minimum absolute atomic E-state index is 0.0214. The average Bonchev–Trinajstić information content (AvgIpc) is 2.81. The molecule has 0 atom stereocenters. The van der Waals surface area contributed by atoms with Crippen LogP contribution in [-0.2, 0) is 20.7 Å². The Morgan fingerprint density at radius 2 is 1.75 bits per heavy atom. The van der Waals surface area contributed by atoms with Crippen LogP contribution in [0.25, 0.3) is 6.08 Å². The van der Waals surface area contributed by atoms with E-state index in [1.807, 2.05) is 18.2 Å². The molecule has 0 saturated heterocycles. The summed E-state index contributed by atoms with van der Waals surface area (Å²) in [5.74, 6) is 1.09. The fraction of sp³-hybridized carbons (Fsp3) is 0.333. The van der Waals surface area contributed by atoms with Gasteiger partial charge in [0.1, 0.15) is 6.61 Å². The lowest BCUT2D eigenvalue weighted by Crippen LogP contribution is -2.37. The number of benzene rings is 2. The summed E-state index contributed by atoms with van der Waals surface area (Å²) in [7, 11) is 6.11. The number of nitrogens with one attached hydrogen (secondary N) is 1. The van der Waals surface area contributed by atoms with Crippen molar-refractivity contribution in [1.29, 1.82) is 0 Å². The van der Waals surface area contributed by atoms with Crippen LogP contribution < -0.4 is 24.4 Å². The number of hydrogen-bond donors (Lipinski definition) is 1. The van der Waals surface area contributed by atoms with Gasteiger partial charge in [0.15, 0.2) is 11.5 Å². The Hall–Kier alpha value is -3.52. The molecule has 1 heterocycles. The fourth-order valence-electron chi connectivity index (χ4n) is 3.67. The molecule has 8 heteroatoms. The highest BCUT2D eigenvalue weighted by Gasteiger charge is 2.22. The second kappa shape index (κ2) is 10.7. The molecule has 170 valence electrons. The molecular formula is C24H28N2O6. The van der Waals surface area contributed by atoms with Crippen LogP contribution in [0.3, 0.4) is 0 Å². The molecule has 0 radical (unpaired) electrons. The van der Waals surface area contributed by atoms with Crippen LogP contribution in [0.2, 0.25) is 0 Å². The van der Waals surface area contributed by atoms with Crippen molar-refractivity contribution >= 4 is 29.3 Å². The topological polar surface area (TPSA) is 86.3 Å². The molecule has 1 aliphatic heterocycles. The van der Waals surface area contributed by atoms with Gasteiger partial charge in [-0.2, -0.15) is 0 Å². The Morgan fingerprint density at radius 3 is 2.38 bits per heavy atom. The minimum atomic E-state index is -0.302. The second-order valence-electron chi connectivity index (χ2n) is 7.21. The van der Waals surface area contributed by atoms with Crippen LogP contribution >= 0.6 is 0 Å². The molecule has 2 aromatic carbocycles. The number of carbonyl (C=O) groups excluding carboxylic acids is 2. The summed E-state index contributed by atoms with van der Waals surface area (Å²) in [6, 6.07) is 9.12. The molecule has 32 heavy (non-hydrogen) atoms. The molecule has 0 bridgehead atoms. The lowest BCUT2D eigenvalue weighted by atomic mass is 10.0. The number of fused-ring (bicyclic) bond motifs is 1. The molecule has 2 amide bonds. The average molecular weight is 440 g/mol. The molecule has 0 unspecified atom stereocenters. The molecule has 0 aromatic heterocycles. The summed E-state index contributed by atoms with van der Waals surface area (Å²) in [6.45, 7) is 0.654. The maximum atomic E-state index is 12.5. The van der Waals surface area contributed by atoms with Crippen molar-refractivity contribution in [2.24, 2.45) is 0 Å². The first kappa shape index (κ1) is 23.1. The number of aryl methyl sites for hydroxylation is 1. The van der Waals surface area contributed by atoms with Gasteiger partial charge in [-0.1, -0.05) is 6.07 Å². The number of amides is 2. The van der Waals surface area contributed by atoms with E-state index < -0.39 is 0 Å². The molecule has 0 spiro atoms. The van der Waals surface area contributed by atoms with Gasteiger partial charge in [-0.25, -0.2) is 0 Å². The Kier molecular flexibility index (Phi) is 7.72. The van der Waals surface area contributed by atoms with Crippen LogP contribution in [0.5, 0.6) is 17.2 Å². The van der Waals surface area contributed by atoms with Crippen LogP contribution in [0.4, 0.5) is 11.4 Å². The molecule has 8 nitrogen and oxygen atoms in total. The Morgan fingerprint density at radius 1 is 1.03 bits per heavy atom. The maximum Gasteiger partial charge on any atom is 0.252 e. The van der Waals surface area contributed by atoms with E-state index in [0.29, 0.717) is 29.5 Å². The lowest BCUT2D eigenvalue weighted by Gasteiger charge is -2.29. The fourth-order valence-corrected chi connectivity index (χ4v) is 3.67. The normalized spacial score (nSPS) is 12.9. The third-order valence-electron chi connectivity index (χ3n) is 5.15. The molecular weight excluding hydrogens is 412 g/mol. The van der Waals surface area contributed by atoms with Crippen molar-refractivity contribution in [3.8, 4) is 17.2 Å². The summed E-state index contributed by atoms with van der Waals surface area (Å²) in [6.07, 6.45) is 4.87. The summed E-state index contributed by atoms with van der Waals surface area (Å²) in [4.78, 5) is 26.6. The van der Waals surface area contributed by atoms with Gasteiger partial charge < -0.3 is 29.2 Å². The van der Waals surface area contributed by atoms with E-state index in [2.05, 4.69) is 5.32 Å². The number of carbonyl (C=O) groups is 2. The van der Waals surface area contributed by atoms with E-state index in [0.717, 1.165) is 29.7 Å². The van der Waals surface area contributed by atoms with Crippen molar-refractivity contribution in [3.05, 3.63) is 47.5 Å². The number of anilines is 2. The SMILES string of the molecule is COCC(=O)N1CCCc2ccc(NC(=O)/C=C/c3cc(OC)c(OC)c(OC)c3)cc21. The maximum absolute atomic E-state index is 12.5. The first-order valence-corrected chi connectivity index (χ1v) is 10.2. The smallest absolute Gasteiger partial charge is 0.252 e. The molecule has 0 saturated carbocycles. The first-order chi connectivity index (χ1) is 15.5. The van der Waals surface area contributed by atoms with E-state index in [4.69, 9.17) is 18.9 Å². The van der Waals surface area contributed by atoms with Crippen molar-refractivity contribution in [3.63, 3.8) is 0 Å². The van der Waals surface area contributed by atoms with Gasteiger partial charge in [-0.05, 0) is 54.3 Å². The van der Waals surface area contributed by atoms with Crippen LogP contribution in [0, 0.1) is 0 Å². The predicted molar refractivity (Wildman–Crippen MR) is 123 cm³/mol. The van der Waals surface area contributed by atoms with E-state index >= 15 is 0 Å². The van der Waals surface area contributed by atoms with Crippen molar-refractivity contribution in [1.82, 2.24) is 0 Å². The van der Waals surface area contributed by atoms with Crippen LogP contribution in [0.15, 0.2) is 36.4 Å². The number of ether oxygens (including phenoxy) is 4. The first-order valence-electron chi connectivity index (χ1n) is 10.2. The minimum Gasteiger partial charge on any atom is -0.493 e. The van der Waals surface area contributed by atoms with E-state index in [9.17, 15) is 9.59 Å². The zero-order valence-corrected chi connectivity index (χ0v) is 18.8. The molecule has 1 N–H and O–H groups in total. The Balaban J connectivity index is 1.76. The monoisotopic (exact) mass is 440 g/mol. The number of methoxy groups -OCH3 is 4. The predicted octanol–water partition coefficient (Wildman–Crippen LogP) is 3.29. The quantitative estimate of drug-likeness (QED) is 0.634. The Bertz CT molecular complexity index is 993. The molecule has 0 aliphatic carbocycles. The van der Waals surface area contributed by atoms with Gasteiger partial charge in [-0.3, -0.25) is 9.59 Å². The summed E-state index contributed by atoms with van der Waals surface area (Å²) in [5.41, 5.74) is 3.22. The third-order valence-corrected chi connectivity index (χ3v) is 5.15. The highest BCUT2D eigenvalue weighted by atomic mass is 16.5. The van der Waals surface area contributed by atoms with Crippen LogP contribution in [0.1, 0.15) is 17.5 Å². The molecule has 1 aliphatic rings. The van der Waals surface area contributed by atoms with Crippen molar-refractivity contribution in [2.45, 2.75) is 12.8 Å². The molecule has 3 rings (SSSR count). The molecule has 2 aromatic rings. The number of hydrogen-bond acceptors (Lipinski definition) is 6. The van der Waals surface area contributed by atoms with Gasteiger partial charge in [-0.15, -0.1) is 0 Å². The van der Waals surface area contributed by atoms with Crippen LogP contribution in [-0.4, -0.2) is 53.4 Å². The highest BCUT2D eigenvalue weighted by Crippen LogP contribution is 2.38. The highest BCUT2D eigenvalue weighted by molar-refractivity contribution is 6.03. The third kappa shape index (κ3) is 5.20. The molecule has 0 fully saturated rings. The Labute approximate surface area is 187 Å². The van der Waals surface area contributed by atoms with E-state index in [1.54, 1.807) is 23.1 Å². The van der Waals surface area contributed by atoms with E-state index in [-0.39, 0.29) is 18.4 Å². The number of rotatable bonds is 8. The van der Waals surface area contributed by atoms with Gasteiger partial charge in [0.2, 0.25) is 11.7 Å². The van der Waals surface area contributed by atoms with Gasteiger partial charge in [0.05, 0.1) is 21.3 Å². The van der Waals surface area contributed by atoms with Crippen molar-refractivity contribution in [2.75, 3.05) is 51.8 Å². The van der Waals surface area contributed by atoms with Gasteiger partial charge >= 0.3 is 0 Å². The summed E-state index contributed by atoms with van der Waals surface area (Å²) in [5, 5.41) is 2.85. The summed E-state index contributed by atoms with van der Waals surface area (Å²) < 4.78 is 21.0. The van der Waals surface area contributed by atoms with Gasteiger partial charge in [0.25, 0.3) is 5.91 Å². The standard InChI is InChI=1S/C24H28N2O6/c1-29-15-23(28)26-11-5-6-17-8-9-18(14-19(17)26)25-22(27)10-7-16-12-20(30-2)24(32-4)21(13-16)31-3/h7-10,12-14H,5-6,11,15H2,1-4H3,(H,25,27)/b10-7+.